The minimum atomic E-state index is -0.0525. The Morgan fingerprint density at radius 2 is 1.81 bits per heavy atom. The molecule has 1 aliphatic heterocycles. The second kappa shape index (κ2) is 9.05. The Morgan fingerprint density at radius 3 is 2.41 bits per heavy atom. The standard InChI is InChI=1S/C22H35N3O2/c1-4-7-19-20(16(3)26)15(2)23-21(19)22(27)24-18-10-12-25(13-11-18)14-17-8-5-6-9-17/h17-18,23H,4-14H2,1-3H3,(H,24,27). The molecule has 1 aromatic heterocycles. The fraction of sp³-hybridized carbons (Fsp3) is 0.727. The number of Topliss-reactive ketones (excluding diaryl/α,β-unsaturated/α-hetero) is 1. The predicted molar refractivity (Wildman–Crippen MR) is 108 cm³/mol. The van der Waals surface area contributed by atoms with E-state index in [1.165, 1.54) is 32.2 Å². The van der Waals surface area contributed by atoms with Crippen molar-refractivity contribution in [2.24, 2.45) is 5.92 Å². The van der Waals surface area contributed by atoms with Gasteiger partial charge in [-0.15, -0.1) is 0 Å². The summed E-state index contributed by atoms with van der Waals surface area (Å²) in [5.41, 5.74) is 2.99. The first-order chi connectivity index (χ1) is 13.0. The number of piperidine rings is 1. The summed E-state index contributed by atoms with van der Waals surface area (Å²) in [7, 11) is 0. The van der Waals surface area contributed by atoms with Crippen molar-refractivity contribution in [1.82, 2.24) is 15.2 Å². The van der Waals surface area contributed by atoms with Gasteiger partial charge in [0, 0.05) is 36.9 Å². The average Bonchev–Trinajstić information content (AvgIpc) is 3.24. The second-order valence-electron chi connectivity index (χ2n) is 8.48. The third kappa shape index (κ3) is 4.81. The van der Waals surface area contributed by atoms with E-state index < -0.39 is 0 Å². The molecular formula is C22H35N3O2. The predicted octanol–water partition coefficient (Wildman–Crippen LogP) is 3.86. The van der Waals surface area contributed by atoms with Gasteiger partial charge < -0.3 is 15.2 Å². The number of carbonyl (C=O) groups excluding carboxylic acids is 2. The van der Waals surface area contributed by atoms with Crippen LogP contribution in [0, 0.1) is 12.8 Å². The molecule has 0 aromatic carbocycles. The molecular weight excluding hydrogens is 338 g/mol. The molecule has 1 aromatic rings. The number of rotatable bonds is 7. The summed E-state index contributed by atoms with van der Waals surface area (Å²) in [5.74, 6) is 0.870. The lowest BCUT2D eigenvalue weighted by Gasteiger charge is -2.33. The smallest absolute Gasteiger partial charge is 0.268 e. The van der Waals surface area contributed by atoms with Gasteiger partial charge in [0.2, 0.25) is 0 Å². The molecule has 1 saturated carbocycles. The molecule has 2 fully saturated rings. The largest absolute Gasteiger partial charge is 0.354 e. The Balaban J connectivity index is 1.58. The molecule has 27 heavy (non-hydrogen) atoms. The van der Waals surface area contributed by atoms with Crippen molar-refractivity contribution in [3.8, 4) is 0 Å². The highest BCUT2D eigenvalue weighted by Crippen LogP contribution is 2.27. The minimum Gasteiger partial charge on any atom is -0.354 e. The molecule has 5 nitrogen and oxygen atoms in total. The zero-order valence-electron chi connectivity index (χ0n) is 17.2. The Morgan fingerprint density at radius 1 is 1.15 bits per heavy atom. The summed E-state index contributed by atoms with van der Waals surface area (Å²) in [6, 6.07) is 0.233. The van der Waals surface area contributed by atoms with E-state index in [1.54, 1.807) is 6.92 Å². The maximum Gasteiger partial charge on any atom is 0.268 e. The maximum absolute atomic E-state index is 12.9. The summed E-state index contributed by atoms with van der Waals surface area (Å²) in [6.45, 7) is 8.93. The molecule has 1 aliphatic carbocycles. The molecule has 0 radical (unpaired) electrons. The summed E-state index contributed by atoms with van der Waals surface area (Å²) in [5, 5.41) is 3.22. The van der Waals surface area contributed by atoms with Crippen LogP contribution in [0.4, 0.5) is 0 Å². The number of hydrogen-bond donors (Lipinski definition) is 2. The van der Waals surface area contributed by atoms with Gasteiger partial charge in [-0.2, -0.15) is 0 Å². The molecule has 0 spiro atoms. The van der Waals surface area contributed by atoms with Crippen LogP contribution in [-0.4, -0.2) is 47.3 Å². The van der Waals surface area contributed by atoms with Crippen LogP contribution in [-0.2, 0) is 6.42 Å². The van der Waals surface area contributed by atoms with Crippen molar-refractivity contribution in [2.75, 3.05) is 19.6 Å². The lowest BCUT2D eigenvalue weighted by Crippen LogP contribution is -2.45. The van der Waals surface area contributed by atoms with Gasteiger partial charge in [-0.25, -0.2) is 0 Å². The monoisotopic (exact) mass is 373 g/mol. The van der Waals surface area contributed by atoms with Crippen molar-refractivity contribution in [3.05, 3.63) is 22.5 Å². The quantitative estimate of drug-likeness (QED) is 0.713. The maximum atomic E-state index is 12.9. The van der Waals surface area contributed by atoms with Gasteiger partial charge in [-0.05, 0) is 57.4 Å². The number of aromatic amines is 1. The van der Waals surface area contributed by atoms with E-state index in [0.29, 0.717) is 11.3 Å². The number of carbonyl (C=O) groups is 2. The van der Waals surface area contributed by atoms with Crippen LogP contribution in [0.2, 0.25) is 0 Å². The lowest BCUT2D eigenvalue weighted by atomic mass is 9.99. The fourth-order valence-electron chi connectivity index (χ4n) is 4.92. The second-order valence-corrected chi connectivity index (χ2v) is 8.48. The molecule has 0 bridgehead atoms. The number of amides is 1. The number of hydrogen-bond acceptors (Lipinski definition) is 3. The Hall–Kier alpha value is -1.62. The van der Waals surface area contributed by atoms with Gasteiger partial charge in [0.15, 0.2) is 5.78 Å². The van der Waals surface area contributed by atoms with Crippen LogP contribution in [0.15, 0.2) is 0 Å². The highest BCUT2D eigenvalue weighted by atomic mass is 16.2. The van der Waals surface area contributed by atoms with Gasteiger partial charge >= 0.3 is 0 Å². The van der Waals surface area contributed by atoms with E-state index >= 15 is 0 Å². The highest BCUT2D eigenvalue weighted by Gasteiger charge is 2.27. The Bertz CT molecular complexity index is 665. The number of ketones is 1. The zero-order chi connectivity index (χ0) is 19.4. The molecule has 1 saturated heterocycles. The number of aryl methyl sites for hydroxylation is 1. The SMILES string of the molecule is CCCc1c(C(=O)NC2CCN(CC3CCCC3)CC2)[nH]c(C)c1C(C)=O. The van der Waals surface area contributed by atoms with Gasteiger partial charge in [0.25, 0.3) is 5.91 Å². The molecule has 150 valence electrons. The van der Waals surface area contributed by atoms with Gasteiger partial charge in [0.05, 0.1) is 0 Å². The van der Waals surface area contributed by atoms with Crippen molar-refractivity contribution in [1.29, 1.82) is 0 Å². The normalized spacial score (nSPS) is 19.5. The minimum absolute atomic E-state index is 0.0338. The third-order valence-electron chi connectivity index (χ3n) is 6.28. The number of nitrogens with zero attached hydrogens (tertiary/aromatic N) is 1. The summed E-state index contributed by atoms with van der Waals surface area (Å²) in [6.07, 6.45) is 9.27. The van der Waals surface area contributed by atoms with Crippen molar-refractivity contribution in [3.63, 3.8) is 0 Å². The fourth-order valence-corrected chi connectivity index (χ4v) is 4.92. The van der Waals surface area contributed by atoms with Crippen LogP contribution < -0.4 is 5.32 Å². The van der Waals surface area contributed by atoms with Crippen LogP contribution >= 0.6 is 0 Å². The molecule has 3 rings (SSSR count). The topological polar surface area (TPSA) is 65.2 Å². The number of likely N-dealkylation sites (tertiary alicyclic amines) is 1. The summed E-state index contributed by atoms with van der Waals surface area (Å²) >= 11 is 0. The molecule has 5 heteroatoms. The zero-order valence-corrected chi connectivity index (χ0v) is 17.2. The van der Waals surface area contributed by atoms with E-state index in [2.05, 4.69) is 22.1 Å². The summed E-state index contributed by atoms with van der Waals surface area (Å²) in [4.78, 5) is 30.7. The van der Waals surface area contributed by atoms with Crippen molar-refractivity contribution >= 4 is 11.7 Å². The summed E-state index contributed by atoms with van der Waals surface area (Å²) < 4.78 is 0. The molecule has 2 aliphatic rings. The van der Waals surface area contributed by atoms with Crippen LogP contribution in [0.3, 0.4) is 0 Å². The molecule has 0 atom stereocenters. The molecule has 2 N–H and O–H groups in total. The van der Waals surface area contributed by atoms with E-state index in [4.69, 9.17) is 0 Å². The van der Waals surface area contributed by atoms with Gasteiger partial charge in [-0.3, -0.25) is 9.59 Å². The average molecular weight is 374 g/mol. The van der Waals surface area contributed by atoms with Gasteiger partial charge in [-0.1, -0.05) is 26.2 Å². The van der Waals surface area contributed by atoms with Gasteiger partial charge in [0.1, 0.15) is 5.69 Å². The number of nitrogens with one attached hydrogen (secondary N) is 2. The third-order valence-corrected chi connectivity index (χ3v) is 6.28. The van der Waals surface area contributed by atoms with Crippen molar-refractivity contribution in [2.45, 2.75) is 78.2 Å². The number of aromatic nitrogens is 1. The van der Waals surface area contributed by atoms with Crippen LogP contribution in [0.1, 0.15) is 90.9 Å². The molecule has 0 unspecified atom stereocenters. The Labute approximate surface area is 163 Å². The van der Waals surface area contributed by atoms with E-state index in [1.807, 2.05) is 6.92 Å². The van der Waals surface area contributed by atoms with Crippen LogP contribution in [0.25, 0.3) is 0 Å². The van der Waals surface area contributed by atoms with E-state index in [0.717, 1.165) is 55.9 Å². The first kappa shape index (κ1) is 20.1. The lowest BCUT2D eigenvalue weighted by molar-refractivity contribution is 0.0900. The first-order valence-electron chi connectivity index (χ1n) is 10.7. The van der Waals surface area contributed by atoms with E-state index in [9.17, 15) is 9.59 Å². The number of H-pyrrole nitrogens is 1. The first-order valence-corrected chi connectivity index (χ1v) is 10.7. The van der Waals surface area contributed by atoms with E-state index in [-0.39, 0.29) is 17.7 Å². The molecule has 2 heterocycles. The van der Waals surface area contributed by atoms with Crippen LogP contribution in [0.5, 0.6) is 0 Å². The molecule has 1 amide bonds. The Kier molecular flexibility index (Phi) is 6.74. The highest BCUT2D eigenvalue weighted by molar-refractivity contribution is 6.02. The van der Waals surface area contributed by atoms with Crippen molar-refractivity contribution < 1.29 is 9.59 Å².